The molecule has 0 aliphatic rings. The minimum absolute atomic E-state index is 0.115. The monoisotopic (exact) mass is 467 g/mol. The smallest absolute Gasteiger partial charge is 0.437 e. The van der Waals surface area contributed by atoms with Crippen molar-refractivity contribution in [3.63, 3.8) is 0 Å². The van der Waals surface area contributed by atoms with Crippen molar-refractivity contribution >= 4 is 9.84 Å². The lowest BCUT2D eigenvalue weighted by molar-refractivity contribution is -0.142. The van der Waals surface area contributed by atoms with E-state index < -0.39 is 50.0 Å². The van der Waals surface area contributed by atoms with E-state index in [9.17, 15) is 31.2 Å². The van der Waals surface area contributed by atoms with Gasteiger partial charge >= 0.3 is 6.18 Å². The molecule has 0 atom stereocenters. The molecule has 3 rings (SSSR count). The van der Waals surface area contributed by atoms with E-state index in [2.05, 4.69) is 10.1 Å². The Morgan fingerprint density at radius 1 is 1.25 bits per heavy atom. The van der Waals surface area contributed by atoms with Crippen molar-refractivity contribution in [3.8, 4) is 17.6 Å². The molecule has 0 amide bonds. The largest absolute Gasteiger partial charge is 0.448 e. The van der Waals surface area contributed by atoms with Crippen LogP contribution in [-0.2, 0) is 22.6 Å². The molecule has 3 aromatic rings. The van der Waals surface area contributed by atoms with Gasteiger partial charge in [-0.2, -0.15) is 23.5 Å². The summed E-state index contributed by atoms with van der Waals surface area (Å²) in [5.41, 5.74) is -4.13. The highest BCUT2D eigenvalue weighted by atomic mass is 32.2. The second kappa shape index (κ2) is 8.27. The highest BCUT2D eigenvalue weighted by molar-refractivity contribution is 7.90. The Labute approximate surface area is 177 Å². The van der Waals surface area contributed by atoms with Gasteiger partial charge in [-0.15, -0.1) is 0 Å². The second-order valence-corrected chi connectivity index (χ2v) is 8.37. The maximum Gasteiger partial charge on any atom is 0.437 e. The van der Waals surface area contributed by atoms with Crippen LogP contribution in [0.1, 0.15) is 17.0 Å². The number of H-pyrrole nitrogens is 1. The number of nitriles is 1. The number of nitrogens with one attached hydrogen (secondary N) is 1. The molecule has 2 heterocycles. The van der Waals surface area contributed by atoms with Crippen LogP contribution in [0.5, 0.6) is 11.5 Å². The maximum absolute atomic E-state index is 13.4. The van der Waals surface area contributed by atoms with Gasteiger partial charge in [0.15, 0.2) is 15.5 Å². The van der Waals surface area contributed by atoms with E-state index in [1.165, 1.54) is 24.3 Å². The lowest BCUT2D eigenvalue weighted by Gasteiger charge is -2.15. The molecular weight excluding hydrogens is 455 g/mol. The summed E-state index contributed by atoms with van der Waals surface area (Å²) in [6, 6.07) is 7.98. The quantitative estimate of drug-likeness (QED) is 0.593. The number of hydrogen-bond acceptors (Lipinski definition) is 8. The van der Waals surface area contributed by atoms with Gasteiger partial charge < -0.3 is 4.74 Å². The van der Waals surface area contributed by atoms with Gasteiger partial charge in [0.05, 0.1) is 24.1 Å². The first kappa shape index (κ1) is 22.7. The van der Waals surface area contributed by atoms with Crippen LogP contribution < -0.4 is 15.9 Å². The third-order valence-corrected chi connectivity index (χ3v) is 5.14. The Morgan fingerprint density at radius 3 is 2.56 bits per heavy atom. The van der Waals surface area contributed by atoms with Crippen molar-refractivity contribution in [2.24, 2.45) is 0 Å². The Bertz CT molecular complexity index is 1460. The number of nitrogens with zero attached hydrogens (tertiary/aromatic N) is 4. The van der Waals surface area contributed by atoms with Gasteiger partial charge in [0.2, 0.25) is 5.75 Å². The fraction of sp³-hybridized carbons (Fsp3) is 0.167. The Hall–Kier alpha value is -3.99. The number of ether oxygens (including phenoxy) is 1. The van der Waals surface area contributed by atoms with Crippen LogP contribution in [0.25, 0.3) is 0 Å². The van der Waals surface area contributed by atoms with Crippen LogP contribution in [-0.4, -0.2) is 34.4 Å². The molecule has 0 unspecified atom stereocenters. The summed E-state index contributed by atoms with van der Waals surface area (Å²) in [6.07, 6.45) is -3.68. The first-order valence-corrected chi connectivity index (χ1v) is 10.4. The summed E-state index contributed by atoms with van der Waals surface area (Å²) >= 11 is 0. The highest BCUT2D eigenvalue weighted by Gasteiger charge is 2.39. The average molecular weight is 467 g/mol. The molecule has 0 spiro atoms. The molecule has 0 fully saturated rings. The Balaban J connectivity index is 2.12. The van der Waals surface area contributed by atoms with Crippen molar-refractivity contribution in [1.82, 2.24) is 19.7 Å². The van der Waals surface area contributed by atoms with Gasteiger partial charge in [0.1, 0.15) is 16.7 Å². The molecule has 0 aliphatic heterocycles. The van der Waals surface area contributed by atoms with Crippen LogP contribution in [0.2, 0.25) is 0 Å². The van der Waals surface area contributed by atoms with Crippen molar-refractivity contribution in [2.75, 3.05) is 6.26 Å². The summed E-state index contributed by atoms with van der Waals surface area (Å²) in [6.45, 7) is -0.528. The predicted octanol–water partition coefficient (Wildman–Crippen LogP) is 1.46. The molecule has 1 aromatic carbocycles. The van der Waals surface area contributed by atoms with Crippen LogP contribution in [0.4, 0.5) is 13.2 Å². The number of alkyl halides is 3. The van der Waals surface area contributed by atoms with Crippen LogP contribution in [0.15, 0.2) is 51.1 Å². The van der Waals surface area contributed by atoms with Crippen LogP contribution >= 0.6 is 0 Å². The van der Waals surface area contributed by atoms with Crippen molar-refractivity contribution in [1.29, 1.82) is 5.26 Å². The van der Waals surface area contributed by atoms with E-state index in [4.69, 9.17) is 10.00 Å². The lowest BCUT2D eigenvalue weighted by Crippen LogP contribution is -2.28. The fourth-order valence-electron chi connectivity index (χ4n) is 2.59. The molecule has 1 N–H and O–H groups in total. The first-order valence-electron chi connectivity index (χ1n) is 8.54. The van der Waals surface area contributed by atoms with E-state index >= 15 is 0 Å². The summed E-state index contributed by atoms with van der Waals surface area (Å²) in [5, 5.41) is 14.7. The third-order valence-electron chi connectivity index (χ3n) is 4.04. The van der Waals surface area contributed by atoms with Gasteiger partial charge in [-0.05, 0) is 18.2 Å². The van der Waals surface area contributed by atoms with Gasteiger partial charge in [0, 0.05) is 6.26 Å². The number of para-hydroxylation sites is 1. The van der Waals surface area contributed by atoms with E-state index in [-0.39, 0.29) is 17.0 Å². The number of hydrogen-bond donors (Lipinski definition) is 1. The van der Waals surface area contributed by atoms with Crippen molar-refractivity contribution in [2.45, 2.75) is 17.6 Å². The minimum Gasteiger partial charge on any atom is -0.448 e. The van der Waals surface area contributed by atoms with E-state index in [0.29, 0.717) is 10.9 Å². The molecule has 0 radical (unpaired) electrons. The molecule has 0 aliphatic carbocycles. The molecule has 14 heteroatoms. The first-order chi connectivity index (χ1) is 14.9. The topological polar surface area (TPSA) is 148 Å². The fourth-order valence-corrected chi connectivity index (χ4v) is 3.33. The van der Waals surface area contributed by atoms with Gasteiger partial charge in [-0.3, -0.25) is 14.2 Å². The SMILES string of the molecule is CS(=O)(=O)c1cc(Cn2cnc(C(F)(F)F)c(Oc3ccccc3C#N)c2=O)n[nH]c1=O. The summed E-state index contributed by atoms with van der Waals surface area (Å²) < 4.78 is 69.5. The zero-order chi connectivity index (χ0) is 23.7. The number of rotatable bonds is 5. The molecule has 166 valence electrons. The summed E-state index contributed by atoms with van der Waals surface area (Å²) in [5.74, 6) is -1.48. The molecule has 10 nitrogen and oxygen atoms in total. The highest BCUT2D eigenvalue weighted by Crippen LogP contribution is 2.35. The average Bonchev–Trinajstić information content (AvgIpc) is 2.71. The Kier molecular flexibility index (Phi) is 5.86. The number of aromatic nitrogens is 4. The molecule has 0 bridgehead atoms. The third kappa shape index (κ3) is 4.67. The van der Waals surface area contributed by atoms with Crippen LogP contribution in [0, 0.1) is 11.3 Å². The number of benzene rings is 1. The number of sulfone groups is 1. The molecule has 2 aromatic heterocycles. The summed E-state index contributed by atoms with van der Waals surface area (Å²) in [4.78, 5) is 27.1. The van der Waals surface area contributed by atoms with Gasteiger partial charge in [-0.1, -0.05) is 12.1 Å². The van der Waals surface area contributed by atoms with E-state index in [0.717, 1.165) is 12.3 Å². The van der Waals surface area contributed by atoms with E-state index in [1.54, 1.807) is 6.07 Å². The normalized spacial score (nSPS) is 11.7. The minimum atomic E-state index is -5.05. The molecule has 0 saturated heterocycles. The van der Waals surface area contributed by atoms with Crippen molar-refractivity contribution in [3.05, 3.63) is 74.3 Å². The molecule has 0 saturated carbocycles. The maximum atomic E-state index is 13.4. The number of aromatic amines is 1. The molecule has 32 heavy (non-hydrogen) atoms. The predicted molar refractivity (Wildman–Crippen MR) is 102 cm³/mol. The van der Waals surface area contributed by atoms with Crippen molar-refractivity contribution < 1.29 is 26.3 Å². The van der Waals surface area contributed by atoms with Crippen LogP contribution in [0.3, 0.4) is 0 Å². The molecular formula is C18H12F3N5O5S. The lowest BCUT2D eigenvalue weighted by atomic mass is 10.2. The van der Waals surface area contributed by atoms with Gasteiger partial charge in [0.25, 0.3) is 11.1 Å². The van der Waals surface area contributed by atoms with Gasteiger partial charge in [-0.25, -0.2) is 18.5 Å². The second-order valence-electron chi connectivity index (χ2n) is 6.39. The zero-order valence-electron chi connectivity index (χ0n) is 16.0. The van der Waals surface area contributed by atoms with E-state index in [1.807, 2.05) is 5.10 Å². The number of halogens is 3. The standard InChI is InChI=1S/C18H12F3N5O5S/c1-32(29,30)13-6-11(24-25-16(13)27)8-26-9-23-15(18(19,20)21)14(17(26)28)31-12-5-3-2-4-10(12)7-22/h2-6,9H,8H2,1H3,(H,25,27). The summed E-state index contributed by atoms with van der Waals surface area (Å²) in [7, 11) is -3.93. The zero-order valence-corrected chi connectivity index (χ0v) is 16.9. The Morgan fingerprint density at radius 2 is 1.94 bits per heavy atom.